The van der Waals surface area contributed by atoms with Crippen LogP contribution in [0.3, 0.4) is 0 Å². The average molecular weight is 280 g/mol. The summed E-state index contributed by atoms with van der Waals surface area (Å²) in [5, 5.41) is 0. The summed E-state index contributed by atoms with van der Waals surface area (Å²) in [4.78, 5) is 14.2. The maximum atomic E-state index is 12.5. The van der Waals surface area contributed by atoms with E-state index in [1.165, 1.54) is 6.07 Å². The third kappa shape index (κ3) is 2.40. The maximum absolute atomic E-state index is 12.5. The van der Waals surface area contributed by atoms with Gasteiger partial charge in [0.1, 0.15) is 5.82 Å². The van der Waals surface area contributed by atoms with Crippen molar-refractivity contribution in [1.29, 1.82) is 0 Å². The van der Waals surface area contributed by atoms with Crippen LogP contribution in [0.4, 0.5) is 4.39 Å². The molecule has 0 saturated heterocycles. The molecule has 0 aromatic carbocycles. The number of nitrogens with zero attached hydrogens (tertiary/aromatic N) is 1. The van der Waals surface area contributed by atoms with Gasteiger partial charge in [-0.05, 0) is 28.7 Å². The van der Waals surface area contributed by atoms with Gasteiger partial charge >= 0.3 is 0 Å². The van der Waals surface area contributed by atoms with Crippen LogP contribution in [0.15, 0.2) is 12.3 Å². The van der Waals surface area contributed by atoms with E-state index in [1.807, 2.05) is 22.6 Å². The number of carbonyl (C=O) groups is 1. The second kappa shape index (κ2) is 3.79. The molecule has 3 nitrogen and oxygen atoms in total. The summed E-state index contributed by atoms with van der Waals surface area (Å²) in [6, 6.07) is 1.31. The first-order valence-corrected chi connectivity index (χ1v) is 4.25. The van der Waals surface area contributed by atoms with Gasteiger partial charge in [-0.25, -0.2) is 4.39 Å². The molecule has 0 spiro atoms. The van der Waals surface area contributed by atoms with Gasteiger partial charge in [-0.15, -0.1) is 0 Å². The Morgan fingerprint density at radius 2 is 2.42 bits per heavy atom. The third-order valence-corrected chi connectivity index (χ3v) is 2.16. The number of pyridine rings is 1. The topological polar surface area (TPSA) is 56.0 Å². The molecule has 0 aliphatic heterocycles. The van der Waals surface area contributed by atoms with Gasteiger partial charge in [-0.2, -0.15) is 0 Å². The van der Waals surface area contributed by atoms with Crippen molar-refractivity contribution in [3.05, 3.63) is 27.3 Å². The van der Waals surface area contributed by atoms with Crippen LogP contribution in [0.1, 0.15) is 5.69 Å². The van der Waals surface area contributed by atoms with Crippen molar-refractivity contribution in [2.75, 3.05) is 0 Å². The number of hydrogen-bond donors (Lipinski definition) is 1. The Morgan fingerprint density at radius 3 is 2.92 bits per heavy atom. The van der Waals surface area contributed by atoms with Crippen LogP contribution in [0.5, 0.6) is 0 Å². The van der Waals surface area contributed by atoms with Crippen molar-refractivity contribution >= 4 is 28.5 Å². The van der Waals surface area contributed by atoms with E-state index in [1.54, 1.807) is 0 Å². The zero-order valence-electron chi connectivity index (χ0n) is 6.05. The fourth-order valence-corrected chi connectivity index (χ4v) is 1.37. The summed E-state index contributed by atoms with van der Waals surface area (Å²) in [5.74, 6) is -0.875. The SMILES string of the molecule is NC(=O)Cc1ncc(F)cc1I. The Balaban J connectivity index is 2.93. The Bertz CT molecular complexity index is 316. The normalized spacial score (nSPS) is 9.83. The lowest BCUT2D eigenvalue weighted by atomic mass is 10.2. The van der Waals surface area contributed by atoms with E-state index in [2.05, 4.69) is 4.98 Å². The number of hydrogen-bond acceptors (Lipinski definition) is 2. The summed E-state index contributed by atoms with van der Waals surface area (Å²) < 4.78 is 13.1. The summed E-state index contributed by atoms with van der Waals surface area (Å²) in [5.41, 5.74) is 5.47. The molecule has 0 saturated carbocycles. The molecule has 1 aromatic rings. The largest absolute Gasteiger partial charge is 0.369 e. The quantitative estimate of drug-likeness (QED) is 0.817. The smallest absolute Gasteiger partial charge is 0.223 e. The van der Waals surface area contributed by atoms with Gasteiger partial charge in [-0.3, -0.25) is 9.78 Å². The molecule has 2 N–H and O–H groups in total. The van der Waals surface area contributed by atoms with Crippen molar-refractivity contribution in [2.24, 2.45) is 5.73 Å². The molecule has 0 atom stereocenters. The second-order valence-corrected chi connectivity index (χ2v) is 3.39. The third-order valence-electron chi connectivity index (χ3n) is 1.23. The molecule has 5 heteroatoms. The minimum Gasteiger partial charge on any atom is -0.369 e. The summed E-state index contributed by atoms with van der Waals surface area (Å²) >= 11 is 1.91. The molecule has 0 bridgehead atoms. The van der Waals surface area contributed by atoms with Crippen LogP contribution in [-0.2, 0) is 11.2 Å². The minimum atomic E-state index is -0.466. The Kier molecular flexibility index (Phi) is 2.96. The number of primary amides is 1. The van der Waals surface area contributed by atoms with Crippen molar-refractivity contribution in [2.45, 2.75) is 6.42 Å². The molecule has 0 radical (unpaired) electrons. The molecular formula is C7H6FIN2O. The highest BCUT2D eigenvalue weighted by Gasteiger charge is 2.05. The van der Waals surface area contributed by atoms with Crippen molar-refractivity contribution in [3.63, 3.8) is 0 Å². The second-order valence-electron chi connectivity index (χ2n) is 2.23. The standard InChI is InChI=1S/C7H6FIN2O/c8-4-1-5(9)6(11-3-4)2-7(10)12/h1,3H,2H2,(H2,10,12). The summed E-state index contributed by atoms with van der Waals surface area (Å²) in [6.07, 6.45) is 1.12. The maximum Gasteiger partial charge on any atom is 0.223 e. The summed E-state index contributed by atoms with van der Waals surface area (Å²) in [6.45, 7) is 0. The molecule has 0 aliphatic rings. The molecule has 1 heterocycles. The van der Waals surface area contributed by atoms with Gasteiger partial charge in [0, 0.05) is 3.57 Å². The lowest BCUT2D eigenvalue weighted by Gasteiger charge is -1.99. The highest BCUT2D eigenvalue weighted by molar-refractivity contribution is 14.1. The van der Waals surface area contributed by atoms with Crippen LogP contribution < -0.4 is 5.73 Å². The van der Waals surface area contributed by atoms with Gasteiger partial charge in [0.05, 0.1) is 18.3 Å². The van der Waals surface area contributed by atoms with Gasteiger partial charge in [-0.1, -0.05) is 0 Å². The highest BCUT2D eigenvalue weighted by atomic mass is 127. The Hall–Kier alpha value is -0.720. The predicted molar refractivity (Wildman–Crippen MR) is 49.8 cm³/mol. The van der Waals surface area contributed by atoms with E-state index in [0.717, 1.165) is 6.20 Å². The molecule has 1 aromatic heterocycles. The van der Waals surface area contributed by atoms with Crippen LogP contribution in [-0.4, -0.2) is 10.9 Å². The van der Waals surface area contributed by atoms with Crippen molar-refractivity contribution < 1.29 is 9.18 Å². The Morgan fingerprint density at radius 1 is 1.75 bits per heavy atom. The Labute approximate surface area is 82.3 Å². The van der Waals surface area contributed by atoms with Crippen LogP contribution >= 0.6 is 22.6 Å². The molecule has 1 rings (SSSR count). The molecule has 0 aliphatic carbocycles. The minimum absolute atomic E-state index is 0.0541. The van der Waals surface area contributed by atoms with Crippen LogP contribution in [0, 0.1) is 9.39 Å². The molecule has 0 fully saturated rings. The first-order valence-electron chi connectivity index (χ1n) is 3.18. The lowest BCUT2D eigenvalue weighted by molar-refractivity contribution is -0.117. The number of rotatable bonds is 2. The fourth-order valence-electron chi connectivity index (χ4n) is 0.738. The van der Waals surface area contributed by atoms with Crippen molar-refractivity contribution in [3.8, 4) is 0 Å². The highest BCUT2D eigenvalue weighted by Crippen LogP contribution is 2.10. The average Bonchev–Trinajstić information content (AvgIpc) is 1.94. The van der Waals surface area contributed by atoms with E-state index in [-0.39, 0.29) is 6.42 Å². The lowest BCUT2D eigenvalue weighted by Crippen LogP contribution is -2.15. The van der Waals surface area contributed by atoms with Crippen LogP contribution in [0.2, 0.25) is 0 Å². The number of nitrogens with two attached hydrogens (primary N) is 1. The number of halogens is 2. The molecule has 1 amide bonds. The monoisotopic (exact) mass is 280 g/mol. The van der Waals surface area contributed by atoms with E-state index in [4.69, 9.17) is 5.73 Å². The first kappa shape index (κ1) is 9.37. The number of aromatic nitrogens is 1. The van der Waals surface area contributed by atoms with E-state index < -0.39 is 11.7 Å². The van der Waals surface area contributed by atoms with E-state index >= 15 is 0 Å². The number of amides is 1. The summed E-state index contributed by atoms with van der Waals surface area (Å²) in [7, 11) is 0. The first-order chi connectivity index (χ1) is 5.59. The number of carbonyl (C=O) groups excluding carboxylic acids is 1. The molecular weight excluding hydrogens is 274 g/mol. The van der Waals surface area contributed by atoms with Gasteiger partial charge in [0.2, 0.25) is 5.91 Å². The molecule has 0 unspecified atom stereocenters. The zero-order chi connectivity index (χ0) is 9.14. The van der Waals surface area contributed by atoms with E-state index in [0.29, 0.717) is 9.26 Å². The molecule has 64 valence electrons. The van der Waals surface area contributed by atoms with Crippen LogP contribution in [0.25, 0.3) is 0 Å². The fraction of sp³-hybridized carbons (Fsp3) is 0.143. The van der Waals surface area contributed by atoms with E-state index in [9.17, 15) is 9.18 Å². The van der Waals surface area contributed by atoms with Gasteiger partial charge < -0.3 is 5.73 Å². The zero-order valence-corrected chi connectivity index (χ0v) is 8.21. The van der Waals surface area contributed by atoms with Crippen molar-refractivity contribution in [1.82, 2.24) is 4.98 Å². The molecule has 12 heavy (non-hydrogen) atoms. The van der Waals surface area contributed by atoms with Gasteiger partial charge in [0.25, 0.3) is 0 Å². The van der Waals surface area contributed by atoms with Gasteiger partial charge in [0.15, 0.2) is 0 Å². The predicted octanol–water partition coefficient (Wildman–Crippen LogP) is 0.853.